The number of aryl methyl sites for hydroxylation is 1. The molecule has 4 nitrogen and oxygen atoms in total. The van der Waals surface area contributed by atoms with Crippen molar-refractivity contribution in [2.75, 3.05) is 6.26 Å². The number of sulfonamides is 1. The van der Waals surface area contributed by atoms with Crippen LogP contribution in [0.25, 0.3) is 17.2 Å². The lowest BCUT2D eigenvalue weighted by atomic mass is 9.87. The van der Waals surface area contributed by atoms with Crippen LogP contribution in [-0.4, -0.2) is 20.6 Å². The number of hydrogen-bond acceptors (Lipinski definition) is 3. The number of carbonyl (C=O) groups excluding carboxylic acids is 1. The Hall–Kier alpha value is -3.44. The third kappa shape index (κ3) is 5.24. The van der Waals surface area contributed by atoms with Crippen LogP contribution in [0.2, 0.25) is 0 Å². The van der Waals surface area contributed by atoms with Gasteiger partial charge in [-0.1, -0.05) is 78.9 Å². The Bertz CT molecular complexity index is 1290. The van der Waals surface area contributed by atoms with E-state index in [4.69, 9.17) is 0 Å². The third-order valence-corrected chi connectivity index (χ3v) is 6.07. The minimum absolute atomic E-state index is 0.664. The van der Waals surface area contributed by atoms with Crippen LogP contribution in [0, 0.1) is 0 Å². The average Bonchev–Trinajstić information content (AvgIpc) is 2.97. The van der Waals surface area contributed by atoms with Crippen molar-refractivity contribution in [2.45, 2.75) is 19.3 Å². The second kappa shape index (κ2) is 9.37. The van der Waals surface area contributed by atoms with Crippen LogP contribution in [0.4, 0.5) is 0 Å². The van der Waals surface area contributed by atoms with E-state index in [2.05, 4.69) is 60.7 Å². The van der Waals surface area contributed by atoms with Crippen LogP contribution in [0.3, 0.4) is 0 Å². The Morgan fingerprint density at radius 1 is 0.844 bits per heavy atom. The van der Waals surface area contributed by atoms with E-state index in [1.54, 1.807) is 6.08 Å². The largest absolute Gasteiger partial charge is 0.269 e. The molecule has 4 rings (SSSR count). The Morgan fingerprint density at radius 3 is 2.25 bits per heavy atom. The Morgan fingerprint density at radius 2 is 1.53 bits per heavy atom. The second-order valence-corrected chi connectivity index (χ2v) is 9.67. The van der Waals surface area contributed by atoms with Gasteiger partial charge in [-0.2, -0.15) is 0 Å². The van der Waals surface area contributed by atoms with Crippen LogP contribution < -0.4 is 4.72 Å². The maximum Gasteiger partial charge on any atom is 0.257 e. The Balaban J connectivity index is 1.74. The van der Waals surface area contributed by atoms with Crippen LogP contribution >= 0.6 is 0 Å². The highest BCUT2D eigenvalue weighted by Gasteiger charge is 2.19. The van der Waals surface area contributed by atoms with Gasteiger partial charge in [0.05, 0.1) is 6.26 Å². The van der Waals surface area contributed by atoms with Crippen molar-refractivity contribution in [1.29, 1.82) is 0 Å². The first kappa shape index (κ1) is 21.8. The van der Waals surface area contributed by atoms with Crippen molar-refractivity contribution in [1.82, 2.24) is 4.72 Å². The zero-order valence-corrected chi connectivity index (χ0v) is 18.7. The second-order valence-electron chi connectivity index (χ2n) is 7.92. The number of amides is 1. The van der Waals surface area contributed by atoms with Gasteiger partial charge in [0.15, 0.2) is 0 Å². The quantitative estimate of drug-likeness (QED) is 0.560. The zero-order chi connectivity index (χ0) is 22.6. The monoisotopic (exact) mass is 443 g/mol. The van der Waals surface area contributed by atoms with Crippen LogP contribution in [-0.2, 0) is 21.2 Å². The number of benzene rings is 3. The summed E-state index contributed by atoms with van der Waals surface area (Å²) in [7, 11) is -3.57. The summed E-state index contributed by atoms with van der Waals surface area (Å²) in [5, 5.41) is 0. The van der Waals surface area contributed by atoms with Gasteiger partial charge in [0, 0.05) is 6.08 Å². The Kier molecular flexibility index (Phi) is 6.37. The fraction of sp³-hybridized carbons (Fsp3) is 0.148. The van der Waals surface area contributed by atoms with Crippen LogP contribution in [0.5, 0.6) is 0 Å². The lowest BCUT2D eigenvalue weighted by molar-refractivity contribution is -0.114. The van der Waals surface area contributed by atoms with Gasteiger partial charge in [-0.3, -0.25) is 4.79 Å². The molecule has 0 saturated carbocycles. The fourth-order valence-corrected chi connectivity index (χ4v) is 4.57. The molecule has 1 N–H and O–H groups in total. The summed E-state index contributed by atoms with van der Waals surface area (Å²) in [6.07, 6.45) is 6.94. The summed E-state index contributed by atoms with van der Waals surface area (Å²) >= 11 is 0. The fourth-order valence-electron chi connectivity index (χ4n) is 4.13. The van der Waals surface area contributed by atoms with Crippen molar-refractivity contribution in [3.05, 3.63) is 113 Å². The van der Waals surface area contributed by atoms with Crippen LogP contribution in [0.15, 0.2) is 84.9 Å². The molecule has 3 aromatic rings. The van der Waals surface area contributed by atoms with Crippen LogP contribution in [0.1, 0.15) is 40.7 Å². The molecule has 0 radical (unpaired) electrons. The lowest BCUT2D eigenvalue weighted by Gasteiger charge is -2.16. The maximum atomic E-state index is 11.7. The third-order valence-electron chi connectivity index (χ3n) is 5.50. The minimum atomic E-state index is -3.57. The lowest BCUT2D eigenvalue weighted by Crippen LogP contribution is -2.27. The van der Waals surface area contributed by atoms with E-state index in [-0.39, 0.29) is 0 Å². The normalized spacial score (nSPS) is 14.2. The van der Waals surface area contributed by atoms with Gasteiger partial charge in [0.1, 0.15) is 0 Å². The first-order chi connectivity index (χ1) is 15.4. The molecular formula is C27H25NO3S. The van der Waals surface area contributed by atoms with E-state index in [9.17, 15) is 13.2 Å². The summed E-state index contributed by atoms with van der Waals surface area (Å²) in [6.45, 7) is 0. The first-order valence-corrected chi connectivity index (χ1v) is 12.5. The molecule has 0 atom stereocenters. The maximum absolute atomic E-state index is 11.7. The van der Waals surface area contributed by atoms with E-state index >= 15 is 0 Å². The molecule has 0 bridgehead atoms. The van der Waals surface area contributed by atoms with Gasteiger partial charge in [-0.05, 0) is 64.3 Å². The van der Waals surface area contributed by atoms with Gasteiger partial charge in [-0.25, -0.2) is 13.1 Å². The molecule has 0 aliphatic heterocycles. The number of nitrogens with one attached hydrogen (secondary N) is 1. The highest BCUT2D eigenvalue weighted by Crippen LogP contribution is 2.39. The molecule has 0 aromatic heterocycles. The van der Waals surface area contributed by atoms with Gasteiger partial charge >= 0.3 is 0 Å². The summed E-state index contributed by atoms with van der Waals surface area (Å²) in [5.41, 5.74) is 8.38. The number of fused-ring (bicyclic) bond motifs is 1. The molecule has 1 amide bonds. The van der Waals surface area contributed by atoms with E-state index in [0.29, 0.717) is 0 Å². The van der Waals surface area contributed by atoms with Crippen molar-refractivity contribution in [3.63, 3.8) is 0 Å². The molecular weight excluding hydrogens is 418 g/mol. The molecule has 1 aliphatic rings. The van der Waals surface area contributed by atoms with E-state index < -0.39 is 15.9 Å². The topological polar surface area (TPSA) is 63.2 Å². The molecule has 32 heavy (non-hydrogen) atoms. The molecule has 5 heteroatoms. The highest BCUT2D eigenvalue weighted by atomic mass is 32.2. The Labute approximate surface area is 189 Å². The average molecular weight is 444 g/mol. The SMILES string of the molecule is CS(=O)(=O)NC(=O)C=Cc1ccc(C2=C(c3ccccc3)CCCc3ccccc32)cc1. The zero-order valence-electron chi connectivity index (χ0n) is 17.9. The number of allylic oxidation sites excluding steroid dienone is 1. The predicted octanol–water partition coefficient (Wildman–Crippen LogP) is 5.07. The molecule has 162 valence electrons. The number of carbonyl (C=O) groups is 1. The number of rotatable bonds is 5. The van der Waals surface area contributed by atoms with Gasteiger partial charge < -0.3 is 0 Å². The summed E-state index contributed by atoms with van der Waals surface area (Å²) in [5.74, 6) is -0.664. The molecule has 1 aliphatic carbocycles. The smallest absolute Gasteiger partial charge is 0.257 e. The van der Waals surface area contributed by atoms with Crippen molar-refractivity contribution in [3.8, 4) is 0 Å². The molecule has 0 spiro atoms. The molecule has 0 fully saturated rings. The summed E-state index contributed by atoms with van der Waals surface area (Å²) < 4.78 is 24.3. The van der Waals surface area contributed by atoms with Crippen molar-refractivity contribution < 1.29 is 13.2 Å². The first-order valence-electron chi connectivity index (χ1n) is 10.6. The molecule has 3 aromatic carbocycles. The van der Waals surface area contributed by atoms with Gasteiger partial charge in [-0.15, -0.1) is 0 Å². The molecule has 0 heterocycles. The van der Waals surface area contributed by atoms with Gasteiger partial charge in [0.25, 0.3) is 5.91 Å². The van der Waals surface area contributed by atoms with E-state index in [0.717, 1.165) is 36.6 Å². The minimum Gasteiger partial charge on any atom is -0.269 e. The van der Waals surface area contributed by atoms with E-state index in [1.165, 1.54) is 33.9 Å². The highest BCUT2D eigenvalue weighted by molar-refractivity contribution is 7.89. The van der Waals surface area contributed by atoms with Gasteiger partial charge in [0.2, 0.25) is 10.0 Å². The van der Waals surface area contributed by atoms with Crippen molar-refractivity contribution in [2.24, 2.45) is 0 Å². The summed E-state index contributed by atoms with van der Waals surface area (Å²) in [6, 6.07) is 27.1. The predicted molar refractivity (Wildman–Crippen MR) is 130 cm³/mol. The van der Waals surface area contributed by atoms with Crippen molar-refractivity contribution >= 4 is 33.2 Å². The number of hydrogen-bond donors (Lipinski definition) is 1. The molecule has 0 saturated heterocycles. The standard InChI is InChI=1S/C27H25NO3S/c1-32(30,31)28-26(29)19-16-20-14-17-23(18-15-20)27-24-12-6-5-10-22(24)11-7-13-25(27)21-8-3-2-4-9-21/h2-6,8-10,12,14-19H,7,11,13H2,1H3,(H,28,29). The molecule has 0 unspecified atom stereocenters. The van der Waals surface area contributed by atoms with E-state index in [1.807, 2.05) is 22.9 Å². The summed E-state index contributed by atoms with van der Waals surface area (Å²) in [4.78, 5) is 11.7.